The summed E-state index contributed by atoms with van der Waals surface area (Å²) in [7, 11) is 4.08. The monoisotopic (exact) mass is 250 g/mol. The second-order valence-electron chi connectivity index (χ2n) is 4.69. The standard InChI is InChI=1S/C13H18N2OS/c1-13(2,15(3)4)9-16-12-7-5-11(6-8-12)14-10-17/h5-8H,9H2,1-4H3. The average Bonchev–Trinajstić information content (AvgIpc) is 2.28. The van der Waals surface area contributed by atoms with Crippen molar-refractivity contribution < 1.29 is 4.74 Å². The molecule has 0 fully saturated rings. The fraction of sp³-hybridized carbons (Fsp3) is 0.462. The van der Waals surface area contributed by atoms with Crippen LogP contribution in [0.15, 0.2) is 29.3 Å². The van der Waals surface area contributed by atoms with Gasteiger partial charge >= 0.3 is 0 Å². The van der Waals surface area contributed by atoms with Crippen LogP contribution in [0.3, 0.4) is 0 Å². The van der Waals surface area contributed by atoms with Crippen LogP contribution in [0.4, 0.5) is 5.69 Å². The summed E-state index contributed by atoms with van der Waals surface area (Å²) in [6, 6.07) is 7.49. The van der Waals surface area contributed by atoms with Gasteiger partial charge in [-0.2, -0.15) is 4.99 Å². The Labute approximate surface area is 108 Å². The van der Waals surface area contributed by atoms with E-state index in [1.807, 2.05) is 38.4 Å². The molecule has 0 aliphatic heterocycles. The molecule has 4 heteroatoms. The largest absolute Gasteiger partial charge is 0.492 e. The van der Waals surface area contributed by atoms with Crippen LogP contribution in [-0.4, -0.2) is 36.3 Å². The molecule has 1 rings (SSSR count). The minimum Gasteiger partial charge on any atom is -0.492 e. The SMILES string of the molecule is CN(C)C(C)(C)COc1ccc(N=C=S)cc1. The number of thiocarbonyl (C=S) groups is 1. The Balaban J connectivity index is 2.61. The number of aliphatic imine (C=N–C) groups is 1. The Hall–Kier alpha value is -1.22. The minimum atomic E-state index is 0.00518. The Morgan fingerprint density at radius 3 is 2.35 bits per heavy atom. The van der Waals surface area contributed by atoms with Gasteiger partial charge in [-0.3, -0.25) is 0 Å². The van der Waals surface area contributed by atoms with Crippen LogP contribution in [0.25, 0.3) is 0 Å². The molecule has 0 bridgehead atoms. The van der Waals surface area contributed by atoms with Gasteiger partial charge in [0.05, 0.1) is 10.8 Å². The number of hydrogen-bond donors (Lipinski definition) is 0. The molecule has 17 heavy (non-hydrogen) atoms. The third-order valence-corrected chi connectivity index (χ3v) is 2.91. The van der Waals surface area contributed by atoms with Gasteiger partial charge in [-0.1, -0.05) is 0 Å². The van der Waals surface area contributed by atoms with Gasteiger partial charge in [-0.15, -0.1) is 0 Å². The number of likely N-dealkylation sites (N-methyl/N-ethyl adjacent to an activating group) is 1. The van der Waals surface area contributed by atoms with E-state index < -0.39 is 0 Å². The van der Waals surface area contributed by atoms with Gasteiger partial charge in [0.1, 0.15) is 12.4 Å². The third-order valence-electron chi connectivity index (χ3n) is 2.81. The lowest BCUT2D eigenvalue weighted by Gasteiger charge is -2.32. The van der Waals surface area contributed by atoms with Crippen molar-refractivity contribution in [2.45, 2.75) is 19.4 Å². The van der Waals surface area contributed by atoms with Crippen LogP contribution < -0.4 is 4.74 Å². The Morgan fingerprint density at radius 1 is 1.29 bits per heavy atom. The van der Waals surface area contributed by atoms with E-state index >= 15 is 0 Å². The summed E-state index contributed by atoms with van der Waals surface area (Å²) in [6.07, 6.45) is 0. The van der Waals surface area contributed by atoms with Gasteiger partial charge in [0.15, 0.2) is 0 Å². The summed E-state index contributed by atoms with van der Waals surface area (Å²) in [5, 5.41) is 2.34. The number of nitrogens with zero attached hydrogens (tertiary/aromatic N) is 2. The Kier molecular flexibility index (Phi) is 4.82. The van der Waals surface area contributed by atoms with Crippen LogP contribution in [0.1, 0.15) is 13.8 Å². The second kappa shape index (κ2) is 5.92. The van der Waals surface area contributed by atoms with Crippen molar-refractivity contribution >= 4 is 23.1 Å². The van der Waals surface area contributed by atoms with E-state index in [2.05, 4.69) is 41.1 Å². The van der Waals surface area contributed by atoms with Gasteiger partial charge in [-0.05, 0) is 64.4 Å². The highest BCUT2D eigenvalue weighted by Crippen LogP contribution is 2.19. The first kappa shape index (κ1) is 13.8. The molecule has 0 aliphatic carbocycles. The van der Waals surface area contributed by atoms with Gasteiger partial charge in [0, 0.05) is 5.54 Å². The summed E-state index contributed by atoms with van der Waals surface area (Å²) in [6.45, 7) is 4.91. The molecule has 3 nitrogen and oxygen atoms in total. The topological polar surface area (TPSA) is 24.8 Å². The molecule has 0 aliphatic rings. The first-order chi connectivity index (χ1) is 7.95. The quantitative estimate of drug-likeness (QED) is 0.593. The molecule has 0 N–H and O–H groups in total. The maximum Gasteiger partial charge on any atom is 0.119 e. The van der Waals surface area contributed by atoms with E-state index in [0.29, 0.717) is 6.61 Å². The zero-order chi connectivity index (χ0) is 12.9. The van der Waals surface area contributed by atoms with Crippen LogP contribution in [0, 0.1) is 0 Å². The first-order valence-corrected chi connectivity index (χ1v) is 5.85. The predicted octanol–water partition coefficient (Wildman–Crippen LogP) is 3.14. The van der Waals surface area contributed by atoms with Crippen LogP contribution >= 0.6 is 12.2 Å². The number of ether oxygens (including phenoxy) is 1. The molecule has 0 spiro atoms. The highest BCUT2D eigenvalue weighted by Gasteiger charge is 2.21. The molecule has 0 amide bonds. The molecular weight excluding hydrogens is 232 g/mol. The molecule has 1 aromatic carbocycles. The molecule has 0 saturated carbocycles. The summed E-state index contributed by atoms with van der Waals surface area (Å²) in [4.78, 5) is 6.02. The van der Waals surface area contributed by atoms with Gasteiger partial charge in [0.25, 0.3) is 0 Å². The Bertz CT molecular complexity index is 406. The van der Waals surface area contributed by atoms with Crippen LogP contribution in [-0.2, 0) is 0 Å². The summed E-state index contributed by atoms with van der Waals surface area (Å²) in [5.74, 6) is 0.836. The van der Waals surface area contributed by atoms with E-state index in [0.717, 1.165) is 11.4 Å². The highest BCUT2D eigenvalue weighted by molar-refractivity contribution is 7.78. The number of isothiocyanates is 1. The highest BCUT2D eigenvalue weighted by atomic mass is 32.1. The maximum atomic E-state index is 5.74. The van der Waals surface area contributed by atoms with E-state index in [9.17, 15) is 0 Å². The number of rotatable bonds is 5. The van der Waals surface area contributed by atoms with Crippen molar-refractivity contribution in [3.63, 3.8) is 0 Å². The number of benzene rings is 1. The van der Waals surface area contributed by atoms with Gasteiger partial charge < -0.3 is 9.64 Å². The maximum absolute atomic E-state index is 5.74. The molecule has 0 aromatic heterocycles. The fourth-order valence-corrected chi connectivity index (χ4v) is 1.16. The van der Waals surface area contributed by atoms with Gasteiger partial charge in [0.2, 0.25) is 0 Å². The summed E-state index contributed by atoms with van der Waals surface area (Å²) in [5.41, 5.74) is 0.796. The minimum absolute atomic E-state index is 0.00518. The average molecular weight is 250 g/mol. The van der Waals surface area contributed by atoms with Crippen molar-refractivity contribution in [1.82, 2.24) is 4.90 Å². The van der Waals surface area contributed by atoms with Crippen molar-refractivity contribution in [2.24, 2.45) is 4.99 Å². The van der Waals surface area contributed by atoms with E-state index in [1.165, 1.54) is 0 Å². The lowest BCUT2D eigenvalue weighted by molar-refractivity contribution is 0.114. The molecule has 0 atom stereocenters. The molecule has 0 radical (unpaired) electrons. The zero-order valence-electron chi connectivity index (χ0n) is 10.7. The number of hydrogen-bond acceptors (Lipinski definition) is 4. The van der Waals surface area contributed by atoms with Crippen molar-refractivity contribution in [3.05, 3.63) is 24.3 Å². The van der Waals surface area contributed by atoms with E-state index in [4.69, 9.17) is 4.74 Å². The third kappa shape index (κ3) is 4.27. The molecule has 1 aromatic rings. The normalized spacial score (nSPS) is 11.1. The lowest BCUT2D eigenvalue weighted by Crippen LogP contribution is -2.43. The predicted molar refractivity (Wildman–Crippen MR) is 74.4 cm³/mol. The second-order valence-corrected chi connectivity index (χ2v) is 4.88. The zero-order valence-corrected chi connectivity index (χ0v) is 11.5. The lowest BCUT2D eigenvalue weighted by atomic mass is 10.1. The van der Waals surface area contributed by atoms with Crippen LogP contribution in [0.5, 0.6) is 5.75 Å². The van der Waals surface area contributed by atoms with E-state index in [1.54, 1.807) is 0 Å². The fourth-order valence-electron chi connectivity index (χ4n) is 1.06. The molecule has 0 saturated heterocycles. The van der Waals surface area contributed by atoms with Crippen molar-refractivity contribution in [2.75, 3.05) is 20.7 Å². The van der Waals surface area contributed by atoms with Crippen molar-refractivity contribution in [1.29, 1.82) is 0 Å². The molecular formula is C13H18N2OS. The first-order valence-electron chi connectivity index (χ1n) is 5.44. The summed E-state index contributed by atoms with van der Waals surface area (Å²) >= 11 is 4.54. The Morgan fingerprint density at radius 2 is 1.88 bits per heavy atom. The smallest absolute Gasteiger partial charge is 0.119 e. The molecule has 0 heterocycles. The molecule has 92 valence electrons. The summed E-state index contributed by atoms with van der Waals surface area (Å²) < 4.78 is 5.74. The van der Waals surface area contributed by atoms with Crippen molar-refractivity contribution in [3.8, 4) is 5.75 Å². The molecule has 0 unspecified atom stereocenters. The van der Waals surface area contributed by atoms with Crippen LogP contribution in [0.2, 0.25) is 0 Å². The van der Waals surface area contributed by atoms with Gasteiger partial charge in [-0.25, -0.2) is 0 Å². The van der Waals surface area contributed by atoms with E-state index in [-0.39, 0.29) is 5.54 Å².